The van der Waals surface area contributed by atoms with Crippen LogP contribution in [0.2, 0.25) is 0 Å². The second-order valence-electron chi connectivity index (χ2n) is 5.22. The number of nitrogens with one attached hydrogen (secondary N) is 1. The Hall–Kier alpha value is -1.03. The molecule has 0 unspecified atom stereocenters. The third-order valence-corrected chi connectivity index (χ3v) is 4.16. The monoisotopic (exact) mass is 278 g/mol. The molecule has 4 heteroatoms. The molecule has 0 spiro atoms. The molecule has 3 heterocycles. The van der Waals surface area contributed by atoms with Crippen LogP contribution in [0.15, 0.2) is 18.2 Å². The Balaban J connectivity index is 0.00000110. The fourth-order valence-corrected chi connectivity index (χ4v) is 3.38. The van der Waals surface area contributed by atoms with Crippen molar-refractivity contribution in [1.29, 1.82) is 0 Å². The van der Waals surface area contributed by atoms with E-state index in [0.29, 0.717) is 0 Å². The number of hydrogen-bond acceptors (Lipinski definition) is 2. The molecule has 1 aromatic carbocycles. The minimum atomic E-state index is 0. The summed E-state index contributed by atoms with van der Waals surface area (Å²) in [5, 5.41) is 4.93. The molecule has 2 aromatic rings. The van der Waals surface area contributed by atoms with Crippen LogP contribution in [-0.2, 0) is 30.9 Å². The van der Waals surface area contributed by atoms with Gasteiger partial charge in [-0.15, -0.1) is 12.4 Å². The lowest BCUT2D eigenvalue weighted by Gasteiger charge is -2.19. The lowest BCUT2D eigenvalue weighted by molar-refractivity contribution is 0.113. The molecule has 0 fully saturated rings. The number of ether oxygens (including phenoxy) is 1. The van der Waals surface area contributed by atoms with Crippen LogP contribution in [0.5, 0.6) is 0 Å². The van der Waals surface area contributed by atoms with Crippen LogP contribution in [0.3, 0.4) is 0 Å². The zero-order valence-electron chi connectivity index (χ0n) is 10.9. The van der Waals surface area contributed by atoms with Crippen molar-refractivity contribution in [2.24, 2.45) is 0 Å². The largest absolute Gasteiger partial charge is 0.377 e. The minimum Gasteiger partial charge on any atom is -0.377 e. The summed E-state index contributed by atoms with van der Waals surface area (Å²) in [6.45, 7) is 4.86. The summed E-state index contributed by atoms with van der Waals surface area (Å²) in [5.74, 6) is 0. The fraction of sp³-hybridized carbons (Fsp3) is 0.467. The van der Waals surface area contributed by atoms with E-state index in [-0.39, 0.29) is 12.4 Å². The predicted octanol–water partition coefficient (Wildman–Crippen LogP) is 2.63. The summed E-state index contributed by atoms with van der Waals surface area (Å²) in [4.78, 5) is 0. The van der Waals surface area contributed by atoms with Crippen molar-refractivity contribution in [2.45, 2.75) is 32.5 Å². The molecule has 0 saturated carbocycles. The first-order valence-electron chi connectivity index (χ1n) is 6.85. The van der Waals surface area contributed by atoms with Crippen LogP contribution in [0, 0.1) is 0 Å². The number of hydrogen-bond donors (Lipinski definition) is 1. The number of aryl methyl sites for hydroxylation is 1. The molecule has 2 aliphatic rings. The van der Waals surface area contributed by atoms with E-state index >= 15 is 0 Å². The van der Waals surface area contributed by atoms with Gasteiger partial charge in [-0.1, -0.05) is 18.2 Å². The van der Waals surface area contributed by atoms with Crippen LogP contribution < -0.4 is 5.32 Å². The van der Waals surface area contributed by atoms with Crippen molar-refractivity contribution in [2.75, 3.05) is 13.2 Å². The van der Waals surface area contributed by atoms with E-state index in [1.807, 2.05) is 0 Å². The maximum absolute atomic E-state index is 5.72. The van der Waals surface area contributed by atoms with Crippen molar-refractivity contribution in [1.82, 2.24) is 9.88 Å². The molecule has 4 rings (SSSR count). The smallest absolute Gasteiger partial charge is 0.0737 e. The van der Waals surface area contributed by atoms with Crippen LogP contribution in [-0.4, -0.2) is 17.7 Å². The van der Waals surface area contributed by atoms with Crippen LogP contribution >= 0.6 is 12.4 Å². The highest BCUT2D eigenvalue weighted by Gasteiger charge is 2.21. The average Bonchev–Trinajstić information content (AvgIpc) is 2.70. The maximum atomic E-state index is 5.72. The van der Waals surface area contributed by atoms with Gasteiger partial charge in [-0.3, -0.25) is 0 Å². The van der Waals surface area contributed by atoms with Crippen LogP contribution in [0.1, 0.15) is 23.2 Å². The van der Waals surface area contributed by atoms with Crippen molar-refractivity contribution < 1.29 is 4.74 Å². The van der Waals surface area contributed by atoms with Gasteiger partial charge in [0.15, 0.2) is 0 Å². The quantitative estimate of drug-likeness (QED) is 0.802. The van der Waals surface area contributed by atoms with Gasteiger partial charge in [-0.05, 0) is 12.0 Å². The molecule has 1 N–H and O–H groups in total. The Bertz CT molecular complexity index is 606. The molecule has 0 aliphatic carbocycles. The molecule has 0 saturated heterocycles. The molecule has 19 heavy (non-hydrogen) atoms. The van der Waals surface area contributed by atoms with Crippen LogP contribution in [0.4, 0.5) is 0 Å². The molecule has 0 atom stereocenters. The summed E-state index contributed by atoms with van der Waals surface area (Å²) in [5.41, 5.74) is 5.84. The Kier molecular flexibility index (Phi) is 3.52. The standard InChI is InChI=1S/C15H18N2O.ClH/c1-3-11-10-18-8-2-7-17-14-5-6-16-9-13(14)12(4-1)15(11)17;/h1,3-4,16H,2,5-10H2;1H. The number of aromatic nitrogens is 1. The zero-order valence-corrected chi connectivity index (χ0v) is 11.8. The Morgan fingerprint density at radius 2 is 2.21 bits per heavy atom. The summed E-state index contributed by atoms with van der Waals surface area (Å²) in [6.07, 6.45) is 2.28. The first-order valence-corrected chi connectivity index (χ1v) is 6.85. The van der Waals surface area contributed by atoms with Gasteiger partial charge in [0.05, 0.1) is 12.1 Å². The molecule has 1 aromatic heterocycles. The van der Waals surface area contributed by atoms with Gasteiger partial charge in [-0.25, -0.2) is 0 Å². The van der Waals surface area contributed by atoms with E-state index in [4.69, 9.17) is 4.74 Å². The molecule has 2 aliphatic heterocycles. The van der Waals surface area contributed by atoms with E-state index in [2.05, 4.69) is 28.1 Å². The second-order valence-corrected chi connectivity index (χ2v) is 5.22. The van der Waals surface area contributed by atoms with Gasteiger partial charge in [0, 0.05) is 49.3 Å². The normalized spacial score (nSPS) is 18.3. The summed E-state index contributed by atoms with van der Waals surface area (Å²) in [7, 11) is 0. The van der Waals surface area contributed by atoms with E-state index in [1.165, 1.54) is 22.0 Å². The van der Waals surface area contributed by atoms with Crippen molar-refractivity contribution in [3.8, 4) is 0 Å². The number of fused-ring (bicyclic) bond motifs is 3. The van der Waals surface area contributed by atoms with E-state index < -0.39 is 0 Å². The number of rotatable bonds is 0. The molecule has 0 bridgehead atoms. The number of nitrogens with zero attached hydrogens (tertiary/aromatic N) is 1. The molecule has 0 radical (unpaired) electrons. The third kappa shape index (κ3) is 1.97. The molecule has 3 nitrogen and oxygen atoms in total. The Morgan fingerprint density at radius 3 is 3.16 bits per heavy atom. The van der Waals surface area contributed by atoms with Gasteiger partial charge in [0.2, 0.25) is 0 Å². The van der Waals surface area contributed by atoms with E-state index in [9.17, 15) is 0 Å². The topological polar surface area (TPSA) is 26.2 Å². The molecular formula is C15H19ClN2O. The maximum Gasteiger partial charge on any atom is 0.0737 e. The Morgan fingerprint density at radius 1 is 1.26 bits per heavy atom. The van der Waals surface area contributed by atoms with E-state index in [0.717, 1.165) is 45.7 Å². The van der Waals surface area contributed by atoms with Crippen LogP contribution in [0.25, 0.3) is 10.9 Å². The van der Waals surface area contributed by atoms with Crippen molar-refractivity contribution in [3.05, 3.63) is 35.0 Å². The van der Waals surface area contributed by atoms with Gasteiger partial charge < -0.3 is 14.6 Å². The SMILES string of the molecule is Cl.c1cc2c3c(c1)c1c(n3CCCOC2)CCNC1. The number of para-hydroxylation sites is 1. The summed E-state index contributed by atoms with van der Waals surface area (Å²) < 4.78 is 8.28. The molecule has 0 amide bonds. The fourth-order valence-electron chi connectivity index (χ4n) is 3.38. The second kappa shape index (κ2) is 5.16. The van der Waals surface area contributed by atoms with Gasteiger partial charge >= 0.3 is 0 Å². The van der Waals surface area contributed by atoms with Gasteiger partial charge in [0.25, 0.3) is 0 Å². The number of halogens is 1. The molecular weight excluding hydrogens is 260 g/mol. The highest BCUT2D eigenvalue weighted by atomic mass is 35.5. The highest BCUT2D eigenvalue weighted by molar-refractivity contribution is 5.88. The first kappa shape index (κ1) is 13.0. The van der Waals surface area contributed by atoms with E-state index in [1.54, 1.807) is 5.69 Å². The van der Waals surface area contributed by atoms with Crippen molar-refractivity contribution in [3.63, 3.8) is 0 Å². The average molecular weight is 279 g/mol. The van der Waals surface area contributed by atoms with Gasteiger partial charge in [0.1, 0.15) is 0 Å². The lowest BCUT2D eigenvalue weighted by Crippen LogP contribution is -2.25. The molecule has 102 valence electrons. The lowest BCUT2D eigenvalue weighted by atomic mass is 10.0. The van der Waals surface area contributed by atoms with Crippen molar-refractivity contribution >= 4 is 23.3 Å². The predicted molar refractivity (Wildman–Crippen MR) is 78.9 cm³/mol. The Labute approximate surface area is 119 Å². The zero-order chi connectivity index (χ0) is 11.9. The third-order valence-electron chi connectivity index (χ3n) is 4.16. The summed E-state index contributed by atoms with van der Waals surface area (Å²) in [6, 6.07) is 6.65. The number of benzene rings is 1. The minimum absolute atomic E-state index is 0. The highest BCUT2D eigenvalue weighted by Crippen LogP contribution is 2.32. The summed E-state index contributed by atoms with van der Waals surface area (Å²) >= 11 is 0. The first-order chi connectivity index (χ1) is 8.95. The van der Waals surface area contributed by atoms with Gasteiger partial charge in [-0.2, -0.15) is 0 Å².